The molecule has 1 atom stereocenters. The predicted octanol–water partition coefficient (Wildman–Crippen LogP) is 1.89. The van der Waals surface area contributed by atoms with Crippen LogP contribution in [-0.4, -0.2) is 31.8 Å². The predicted molar refractivity (Wildman–Crippen MR) is 95.3 cm³/mol. The number of hydrogen-bond donors (Lipinski definition) is 1. The van der Waals surface area contributed by atoms with Crippen molar-refractivity contribution >= 4 is 5.91 Å². The Morgan fingerprint density at radius 2 is 2.15 bits per heavy atom. The number of aryl methyl sites for hydroxylation is 2. The van der Waals surface area contributed by atoms with Crippen molar-refractivity contribution in [2.45, 2.75) is 25.5 Å². The van der Waals surface area contributed by atoms with Gasteiger partial charge in [0.1, 0.15) is 5.75 Å². The zero-order valence-corrected chi connectivity index (χ0v) is 14.4. The fourth-order valence-corrected chi connectivity index (χ4v) is 3.07. The first-order valence-electron chi connectivity index (χ1n) is 8.52. The molecule has 132 valence electrons. The standard InChI is InChI=1S/C19H19N5O2/c1-24-12-14(10-23-24)18-15(20-8-9-21-18)11-22-19(25)17-7-6-13-4-2-3-5-16(13)26-17/h2-5,8-10,12,17H,6-7,11H2,1H3,(H,22,25). The third-order valence-corrected chi connectivity index (χ3v) is 4.39. The summed E-state index contributed by atoms with van der Waals surface area (Å²) in [6, 6.07) is 7.83. The number of nitrogens with one attached hydrogen (secondary N) is 1. The van der Waals surface area contributed by atoms with Gasteiger partial charge in [-0.1, -0.05) is 18.2 Å². The fourth-order valence-electron chi connectivity index (χ4n) is 3.07. The van der Waals surface area contributed by atoms with Gasteiger partial charge in [0.05, 0.1) is 24.1 Å². The Morgan fingerprint density at radius 1 is 1.31 bits per heavy atom. The van der Waals surface area contributed by atoms with Crippen molar-refractivity contribution in [1.82, 2.24) is 25.1 Å². The molecule has 0 saturated carbocycles. The van der Waals surface area contributed by atoms with Gasteiger partial charge in [-0.15, -0.1) is 0 Å². The van der Waals surface area contributed by atoms with E-state index in [9.17, 15) is 4.79 Å². The zero-order chi connectivity index (χ0) is 17.9. The molecule has 0 spiro atoms. The molecule has 1 amide bonds. The zero-order valence-electron chi connectivity index (χ0n) is 14.4. The Hall–Kier alpha value is -3.22. The lowest BCUT2D eigenvalue weighted by Gasteiger charge is -2.25. The van der Waals surface area contributed by atoms with Gasteiger partial charge in [-0.25, -0.2) is 0 Å². The summed E-state index contributed by atoms with van der Waals surface area (Å²) in [5, 5.41) is 7.09. The average molecular weight is 349 g/mol. The molecule has 4 rings (SSSR count). The highest BCUT2D eigenvalue weighted by molar-refractivity contribution is 5.81. The maximum Gasteiger partial charge on any atom is 0.261 e. The summed E-state index contributed by atoms with van der Waals surface area (Å²) in [7, 11) is 1.85. The minimum absolute atomic E-state index is 0.137. The molecule has 1 unspecified atom stereocenters. The van der Waals surface area contributed by atoms with E-state index in [-0.39, 0.29) is 5.91 Å². The van der Waals surface area contributed by atoms with Crippen LogP contribution in [0.1, 0.15) is 17.7 Å². The summed E-state index contributed by atoms with van der Waals surface area (Å²) in [5.74, 6) is 0.650. The second-order valence-electron chi connectivity index (χ2n) is 6.23. The maximum atomic E-state index is 12.5. The second-order valence-corrected chi connectivity index (χ2v) is 6.23. The monoisotopic (exact) mass is 349 g/mol. The summed E-state index contributed by atoms with van der Waals surface area (Å²) in [6.07, 6.45) is 7.87. The number of ether oxygens (including phenoxy) is 1. The SMILES string of the molecule is Cn1cc(-c2nccnc2CNC(=O)C2CCc3ccccc3O2)cn1. The van der Waals surface area contributed by atoms with Crippen LogP contribution in [0.3, 0.4) is 0 Å². The van der Waals surface area contributed by atoms with E-state index in [0.29, 0.717) is 18.7 Å². The second kappa shape index (κ2) is 6.95. The van der Waals surface area contributed by atoms with Gasteiger partial charge in [-0.3, -0.25) is 19.4 Å². The van der Waals surface area contributed by atoms with Gasteiger partial charge in [0.15, 0.2) is 6.10 Å². The highest BCUT2D eigenvalue weighted by Crippen LogP contribution is 2.27. The molecule has 0 saturated heterocycles. The van der Waals surface area contributed by atoms with Gasteiger partial charge < -0.3 is 10.1 Å². The van der Waals surface area contributed by atoms with Crippen molar-refractivity contribution in [1.29, 1.82) is 0 Å². The van der Waals surface area contributed by atoms with Crippen LogP contribution in [0.5, 0.6) is 5.75 Å². The molecular weight excluding hydrogens is 330 g/mol. The molecule has 1 aliphatic heterocycles. The first kappa shape index (κ1) is 16.3. The Kier molecular flexibility index (Phi) is 4.35. The van der Waals surface area contributed by atoms with E-state index < -0.39 is 6.10 Å². The summed E-state index contributed by atoms with van der Waals surface area (Å²) >= 11 is 0. The summed E-state index contributed by atoms with van der Waals surface area (Å²) in [4.78, 5) is 21.3. The van der Waals surface area contributed by atoms with Gasteiger partial charge in [0, 0.05) is 31.2 Å². The largest absolute Gasteiger partial charge is 0.480 e. The van der Waals surface area contributed by atoms with Crippen LogP contribution in [0.15, 0.2) is 49.1 Å². The summed E-state index contributed by atoms with van der Waals surface area (Å²) in [6.45, 7) is 0.290. The summed E-state index contributed by atoms with van der Waals surface area (Å²) < 4.78 is 7.55. The van der Waals surface area contributed by atoms with Crippen molar-refractivity contribution in [3.8, 4) is 17.0 Å². The third-order valence-electron chi connectivity index (χ3n) is 4.39. The van der Waals surface area contributed by atoms with Gasteiger partial charge in [0.25, 0.3) is 5.91 Å². The van der Waals surface area contributed by atoms with Crippen molar-refractivity contribution in [2.24, 2.45) is 7.05 Å². The Morgan fingerprint density at radius 3 is 3.00 bits per heavy atom. The molecule has 1 aliphatic rings. The highest BCUT2D eigenvalue weighted by Gasteiger charge is 2.26. The average Bonchev–Trinajstić information content (AvgIpc) is 3.12. The molecule has 3 heterocycles. The summed E-state index contributed by atoms with van der Waals surface area (Å²) in [5.41, 5.74) is 3.43. The Bertz CT molecular complexity index is 937. The molecule has 2 aromatic heterocycles. The van der Waals surface area contributed by atoms with Gasteiger partial charge in [-0.2, -0.15) is 5.10 Å². The molecule has 0 radical (unpaired) electrons. The molecule has 26 heavy (non-hydrogen) atoms. The minimum atomic E-state index is -0.483. The van der Waals surface area contributed by atoms with E-state index in [0.717, 1.165) is 29.0 Å². The van der Waals surface area contributed by atoms with Crippen molar-refractivity contribution in [2.75, 3.05) is 0 Å². The third kappa shape index (κ3) is 3.28. The number of carbonyl (C=O) groups is 1. The number of para-hydroxylation sites is 1. The minimum Gasteiger partial charge on any atom is -0.480 e. The Balaban J connectivity index is 1.44. The number of nitrogens with zero attached hydrogens (tertiary/aromatic N) is 4. The molecule has 0 aliphatic carbocycles. The van der Waals surface area contributed by atoms with E-state index in [1.807, 2.05) is 37.5 Å². The number of rotatable bonds is 4. The molecule has 7 heteroatoms. The van der Waals surface area contributed by atoms with Crippen LogP contribution in [0.4, 0.5) is 0 Å². The molecule has 1 N–H and O–H groups in total. The maximum absolute atomic E-state index is 12.5. The van der Waals surface area contributed by atoms with Crippen LogP contribution in [-0.2, 0) is 24.8 Å². The van der Waals surface area contributed by atoms with Crippen LogP contribution < -0.4 is 10.1 Å². The molecular formula is C19H19N5O2. The first-order valence-corrected chi connectivity index (χ1v) is 8.52. The van der Waals surface area contributed by atoms with E-state index >= 15 is 0 Å². The number of carbonyl (C=O) groups excluding carboxylic acids is 1. The van der Waals surface area contributed by atoms with Crippen molar-refractivity contribution in [3.05, 3.63) is 60.3 Å². The molecule has 7 nitrogen and oxygen atoms in total. The van der Waals surface area contributed by atoms with Crippen LogP contribution in [0.25, 0.3) is 11.3 Å². The normalized spacial score (nSPS) is 15.8. The molecule has 1 aromatic carbocycles. The van der Waals surface area contributed by atoms with Crippen molar-refractivity contribution < 1.29 is 9.53 Å². The fraction of sp³-hybridized carbons (Fsp3) is 0.263. The van der Waals surface area contributed by atoms with Gasteiger partial charge in [-0.05, 0) is 24.5 Å². The number of benzene rings is 1. The number of fused-ring (bicyclic) bond motifs is 1. The number of aromatic nitrogens is 4. The molecule has 0 bridgehead atoms. The first-order chi connectivity index (χ1) is 12.7. The molecule has 0 fully saturated rings. The van der Waals surface area contributed by atoms with E-state index in [1.165, 1.54) is 0 Å². The number of hydrogen-bond acceptors (Lipinski definition) is 5. The topological polar surface area (TPSA) is 81.9 Å². The van der Waals surface area contributed by atoms with Crippen LogP contribution >= 0.6 is 0 Å². The molecule has 3 aromatic rings. The van der Waals surface area contributed by atoms with Crippen molar-refractivity contribution in [3.63, 3.8) is 0 Å². The highest BCUT2D eigenvalue weighted by atomic mass is 16.5. The smallest absolute Gasteiger partial charge is 0.261 e. The lowest BCUT2D eigenvalue weighted by atomic mass is 10.0. The Labute approximate surface area is 151 Å². The van der Waals surface area contributed by atoms with Gasteiger partial charge >= 0.3 is 0 Å². The van der Waals surface area contributed by atoms with Gasteiger partial charge in [0.2, 0.25) is 0 Å². The quantitative estimate of drug-likeness (QED) is 0.778. The van der Waals surface area contributed by atoms with E-state index in [1.54, 1.807) is 23.3 Å². The van der Waals surface area contributed by atoms with E-state index in [2.05, 4.69) is 20.4 Å². The lowest BCUT2D eigenvalue weighted by Crippen LogP contribution is -2.40. The number of amides is 1. The van der Waals surface area contributed by atoms with E-state index in [4.69, 9.17) is 4.74 Å². The van der Waals surface area contributed by atoms with Crippen LogP contribution in [0, 0.1) is 0 Å². The van der Waals surface area contributed by atoms with Crippen LogP contribution in [0.2, 0.25) is 0 Å². The lowest BCUT2D eigenvalue weighted by molar-refractivity contribution is -0.128.